The molecule has 0 bridgehead atoms. The molecule has 1 aliphatic rings. The Morgan fingerprint density at radius 1 is 1.16 bits per heavy atom. The Hall–Kier alpha value is -4.07. The Kier molecular flexibility index (Phi) is 4.70. The molecule has 4 aromatic rings. The molecular weight excluding hydrogens is 404 g/mol. The van der Waals surface area contributed by atoms with Gasteiger partial charge in [0, 0.05) is 53.2 Å². The second kappa shape index (κ2) is 7.56. The number of rotatable bonds is 4. The first-order valence-corrected chi connectivity index (χ1v) is 10.6. The van der Waals surface area contributed by atoms with Crippen molar-refractivity contribution in [3.8, 4) is 0 Å². The molecule has 8 heteroatoms. The van der Waals surface area contributed by atoms with Crippen molar-refractivity contribution >= 4 is 45.1 Å². The summed E-state index contributed by atoms with van der Waals surface area (Å²) in [6.07, 6.45) is 0.757. The summed E-state index contributed by atoms with van der Waals surface area (Å²) < 4.78 is 2.01. The Morgan fingerprint density at radius 2 is 2.00 bits per heavy atom. The number of amides is 2. The number of nitrogen functional groups attached to an aromatic ring is 2. The number of hydrogen-bond acceptors (Lipinski definition) is 5. The fourth-order valence-electron chi connectivity index (χ4n) is 4.51. The van der Waals surface area contributed by atoms with E-state index in [-0.39, 0.29) is 11.8 Å². The quantitative estimate of drug-likeness (QED) is 0.397. The maximum absolute atomic E-state index is 12.9. The fraction of sp³-hybridized carbons (Fsp3) is 0.208. The zero-order valence-electron chi connectivity index (χ0n) is 17.7. The third-order valence-corrected chi connectivity index (χ3v) is 6.00. The topological polar surface area (TPSA) is 128 Å². The van der Waals surface area contributed by atoms with Gasteiger partial charge in [-0.2, -0.15) is 0 Å². The first-order chi connectivity index (χ1) is 15.5. The minimum Gasteiger partial charge on any atom is -0.398 e. The molecule has 2 amide bonds. The zero-order chi connectivity index (χ0) is 22.4. The maximum Gasteiger partial charge on any atom is 0.268 e. The number of aromatic nitrogens is 2. The monoisotopic (exact) mass is 428 g/mol. The average molecular weight is 428 g/mol. The van der Waals surface area contributed by atoms with Crippen LogP contribution in [0.2, 0.25) is 0 Å². The SMILES string of the molecule is CCn1c2c(c3cc(C(=O)NCc4ccc5nc(N)cc(N)c5c4)ccc31)CCNC2=O. The number of nitrogens with one attached hydrogen (secondary N) is 2. The highest BCUT2D eigenvalue weighted by Gasteiger charge is 2.25. The Balaban J connectivity index is 1.42. The number of anilines is 2. The van der Waals surface area contributed by atoms with Gasteiger partial charge in [0.05, 0.1) is 5.52 Å². The van der Waals surface area contributed by atoms with Crippen LogP contribution in [0.5, 0.6) is 0 Å². The molecule has 1 aliphatic heterocycles. The minimum absolute atomic E-state index is 0.0536. The molecule has 6 N–H and O–H groups in total. The van der Waals surface area contributed by atoms with Gasteiger partial charge < -0.3 is 26.7 Å². The Morgan fingerprint density at radius 3 is 2.81 bits per heavy atom. The van der Waals surface area contributed by atoms with E-state index in [0.717, 1.165) is 39.4 Å². The van der Waals surface area contributed by atoms with Crippen LogP contribution in [0.3, 0.4) is 0 Å². The largest absolute Gasteiger partial charge is 0.398 e. The van der Waals surface area contributed by atoms with Crippen molar-refractivity contribution in [3.63, 3.8) is 0 Å². The lowest BCUT2D eigenvalue weighted by Gasteiger charge is -2.15. The van der Waals surface area contributed by atoms with Gasteiger partial charge in [-0.05, 0) is 54.8 Å². The fourth-order valence-corrected chi connectivity index (χ4v) is 4.51. The summed E-state index contributed by atoms with van der Waals surface area (Å²) in [4.78, 5) is 29.6. The molecule has 0 fully saturated rings. The zero-order valence-corrected chi connectivity index (χ0v) is 17.7. The number of benzene rings is 2. The summed E-state index contributed by atoms with van der Waals surface area (Å²) in [6, 6.07) is 12.9. The first kappa shape index (κ1) is 19.9. The summed E-state index contributed by atoms with van der Waals surface area (Å²) in [5.41, 5.74) is 17.3. The smallest absolute Gasteiger partial charge is 0.268 e. The van der Waals surface area contributed by atoms with Gasteiger partial charge in [0.15, 0.2) is 0 Å². The van der Waals surface area contributed by atoms with E-state index < -0.39 is 0 Å². The van der Waals surface area contributed by atoms with Crippen molar-refractivity contribution in [1.29, 1.82) is 0 Å². The van der Waals surface area contributed by atoms with Gasteiger partial charge in [-0.25, -0.2) is 4.98 Å². The van der Waals surface area contributed by atoms with Crippen molar-refractivity contribution in [1.82, 2.24) is 20.2 Å². The highest BCUT2D eigenvalue weighted by Crippen LogP contribution is 2.30. The van der Waals surface area contributed by atoms with Crippen molar-refractivity contribution in [2.75, 3.05) is 18.0 Å². The molecule has 2 aromatic heterocycles. The van der Waals surface area contributed by atoms with Crippen LogP contribution in [0.25, 0.3) is 21.8 Å². The van der Waals surface area contributed by atoms with Crippen LogP contribution in [-0.2, 0) is 19.5 Å². The number of hydrogen-bond donors (Lipinski definition) is 4. The maximum atomic E-state index is 12.9. The van der Waals surface area contributed by atoms with Crippen molar-refractivity contribution in [3.05, 3.63) is 64.8 Å². The molecule has 0 saturated heterocycles. The summed E-state index contributed by atoms with van der Waals surface area (Å²) in [5.74, 6) is 0.152. The van der Waals surface area contributed by atoms with Gasteiger partial charge in [0.1, 0.15) is 11.5 Å². The van der Waals surface area contributed by atoms with Gasteiger partial charge in [-0.1, -0.05) is 6.07 Å². The number of nitrogens with two attached hydrogens (primary N) is 2. The van der Waals surface area contributed by atoms with Crippen LogP contribution in [-0.4, -0.2) is 27.9 Å². The summed E-state index contributed by atoms with van der Waals surface area (Å²) >= 11 is 0. The number of fused-ring (bicyclic) bond motifs is 4. The van der Waals surface area contributed by atoms with Gasteiger partial charge >= 0.3 is 0 Å². The van der Waals surface area contributed by atoms with Crippen LogP contribution >= 0.6 is 0 Å². The van der Waals surface area contributed by atoms with Crippen LogP contribution < -0.4 is 22.1 Å². The molecule has 2 aromatic carbocycles. The summed E-state index contributed by atoms with van der Waals surface area (Å²) in [5, 5.41) is 7.65. The lowest BCUT2D eigenvalue weighted by atomic mass is 10.0. The molecule has 5 rings (SSSR count). The minimum atomic E-state index is -0.173. The van der Waals surface area contributed by atoms with E-state index in [2.05, 4.69) is 15.6 Å². The Bertz CT molecular complexity index is 1410. The lowest BCUT2D eigenvalue weighted by Crippen LogP contribution is -2.33. The molecule has 0 radical (unpaired) electrons. The molecule has 32 heavy (non-hydrogen) atoms. The van der Waals surface area contributed by atoms with Crippen molar-refractivity contribution < 1.29 is 9.59 Å². The van der Waals surface area contributed by atoms with Crippen LogP contribution in [0.1, 0.15) is 38.9 Å². The molecule has 8 nitrogen and oxygen atoms in total. The second-order valence-corrected chi connectivity index (χ2v) is 7.98. The van der Waals surface area contributed by atoms with Gasteiger partial charge in [-0.15, -0.1) is 0 Å². The van der Waals surface area contributed by atoms with Gasteiger partial charge in [0.2, 0.25) is 0 Å². The van der Waals surface area contributed by atoms with Gasteiger partial charge in [-0.3, -0.25) is 9.59 Å². The Labute approximate surface area is 184 Å². The first-order valence-electron chi connectivity index (χ1n) is 10.6. The van der Waals surface area contributed by atoms with E-state index in [0.29, 0.717) is 42.4 Å². The van der Waals surface area contributed by atoms with Crippen LogP contribution in [0, 0.1) is 0 Å². The lowest BCUT2D eigenvalue weighted by molar-refractivity contribution is 0.0933. The third kappa shape index (κ3) is 3.20. The van der Waals surface area contributed by atoms with E-state index in [1.54, 1.807) is 12.1 Å². The number of aryl methyl sites for hydroxylation is 1. The number of pyridine rings is 1. The number of carbonyl (C=O) groups excluding carboxylic acids is 2. The summed E-state index contributed by atoms with van der Waals surface area (Å²) in [7, 11) is 0. The molecule has 3 heterocycles. The standard InChI is InChI=1S/C24H24N6O2/c1-2-30-20-6-4-14(10-16(20)15-7-8-27-24(32)22(15)30)23(31)28-12-13-3-5-19-17(9-13)18(25)11-21(26)29-19/h3-6,9-11H,2,7-8,12H2,1H3,(H,27,32)(H,28,31)(H4,25,26,29). The number of nitrogens with zero attached hydrogens (tertiary/aromatic N) is 2. The molecule has 0 saturated carbocycles. The highest BCUT2D eigenvalue weighted by atomic mass is 16.2. The molecular formula is C24H24N6O2. The van der Waals surface area contributed by atoms with Crippen molar-refractivity contribution in [2.45, 2.75) is 26.4 Å². The summed E-state index contributed by atoms with van der Waals surface area (Å²) in [6.45, 7) is 3.67. The van der Waals surface area contributed by atoms with Crippen LogP contribution in [0.4, 0.5) is 11.5 Å². The normalized spacial score (nSPS) is 13.2. The van der Waals surface area contributed by atoms with E-state index in [4.69, 9.17) is 11.5 Å². The second-order valence-electron chi connectivity index (χ2n) is 7.98. The van der Waals surface area contributed by atoms with E-state index in [1.165, 1.54) is 0 Å². The van der Waals surface area contributed by atoms with Crippen LogP contribution in [0.15, 0.2) is 42.5 Å². The predicted octanol–water partition coefficient (Wildman–Crippen LogP) is 2.59. The molecule has 162 valence electrons. The van der Waals surface area contributed by atoms with E-state index in [9.17, 15) is 9.59 Å². The highest BCUT2D eigenvalue weighted by molar-refractivity contribution is 6.05. The molecule has 0 atom stereocenters. The predicted molar refractivity (Wildman–Crippen MR) is 125 cm³/mol. The number of carbonyl (C=O) groups is 2. The molecule has 0 spiro atoms. The van der Waals surface area contributed by atoms with E-state index in [1.807, 2.05) is 41.8 Å². The van der Waals surface area contributed by atoms with Gasteiger partial charge in [0.25, 0.3) is 11.8 Å². The van der Waals surface area contributed by atoms with E-state index >= 15 is 0 Å². The van der Waals surface area contributed by atoms with Crippen molar-refractivity contribution in [2.24, 2.45) is 0 Å². The molecule has 0 unspecified atom stereocenters. The third-order valence-electron chi connectivity index (χ3n) is 6.00. The average Bonchev–Trinajstić information content (AvgIpc) is 3.11. The molecule has 0 aliphatic carbocycles.